The first kappa shape index (κ1) is 22.2. The predicted molar refractivity (Wildman–Crippen MR) is 105 cm³/mol. The van der Waals surface area contributed by atoms with Crippen LogP contribution in [0.2, 0.25) is 0 Å². The lowest BCUT2D eigenvalue weighted by Gasteiger charge is -1.94. The molecule has 0 atom stereocenters. The van der Waals surface area contributed by atoms with E-state index < -0.39 is 5.97 Å². The lowest BCUT2D eigenvalue weighted by atomic mass is 10.1. The van der Waals surface area contributed by atoms with E-state index in [1.54, 1.807) is 0 Å². The second kappa shape index (κ2) is 19.2. The summed E-state index contributed by atoms with van der Waals surface area (Å²) in [5.74, 6) is -0.690. The van der Waals surface area contributed by atoms with Gasteiger partial charge in [-0.1, -0.05) is 74.1 Å². The van der Waals surface area contributed by atoms with Crippen molar-refractivity contribution in [3.63, 3.8) is 0 Å². The normalized spacial score (nSPS) is 12.7. The highest BCUT2D eigenvalue weighted by Crippen LogP contribution is 2.04. The van der Waals surface area contributed by atoms with Crippen LogP contribution in [0.5, 0.6) is 0 Å². The first-order valence-electron chi connectivity index (χ1n) is 9.24. The Morgan fingerprint density at radius 3 is 1.58 bits per heavy atom. The van der Waals surface area contributed by atoms with Gasteiger partial charge < -0.3 is 5.11 Å². The van der Waals surface area contributed by atoms with Gasteiger partial charge in [-0.05, 0) is 51.4 Å². The molecule has 0 unspecified atom stereocenters. The summed E-state index contributed by atoms with van der Waals surface area (Å²) in [5.41, 5.74) is 0. The summed E-state index contributed by atoms with van der Waals surface area (Å²) in [6.45, 7) is 2.15. The summed E-state index contributed by atoms with van der Waals surface area (Å²) in [7, 11) is 0. The van der Waals surface area contributed by atoms with Gasteiger partial charge in [0.2, 0.25) is 0 Å². The van der Waals surface area contributed by atoms with Crippen LogP contribution in [0, 0.1) is 0 Å². The number of rotatable bonds is 15. The quantitative estimate of drug-likeness (QED) is 0.265. The van der Waals surface area contributed by atoms with Crippen molar-refractivity contribution < 1.29 is 9.90 Å². The summed E-state index contributed by atoms with van der Waals surface area (Å²) in [6, 6.07) is 0. The number of carboxylic acid groups (broad SMARTS) is 1. The van der Waals surface area contributed by atoms with Gasteiger partial charge >= 0.3 is 5.97 Å². The number of aliphatic carboxylic acids is 1. The van der Waals surface area contributed by atoms with Gasteiger partial charge in [-0.15, -0.1) is 0 Å². The third-order valence-corrected chi connectivity index (χ3v) is 3.42. The van der Waals surface area contributed by atoms with Crippen molar-refractivity contribution in [1.82, 2.24) is 0 Å². The molecule has 0 saturated heterocycles. The van der Waals surface area contributed by atoms with Crippen LogP contribution < -0.4 is 0 Å². The van der Waals surface area contributed by atoms with Crippen LogP contribution >= 0.6 is 0 Å². The Bertz CT molecular complexity index is 425. The molecule has 0 aliphatic heterocycles. The van der Waals surface area contributed by atoms with Crippen LogP contribution in [-0.2, 0) is 4.79 Å². The Hall–Kier alpha value is -1.83. The fourth-order valence-corrected chi connectivity index (χ4v) is 2.08. The van der Waals surface area contributed by atoms with Gasteiger partial charge in [-0.2, -0.15) is 0 Å². The first-order valence-corrected chi connectivity index (χ1v) is 9.24. The summed E-state index contributed by atoms with van der Waals surface area (Å²) in [5, 5.41) is 8.52. The molecule has 0 fully saturated rings. The third-order valence-electron chi connectivity index (χ3n) is 3.42. The summed E-state index contributed by atoms with van der Waals surface area (Å²) in [4.78, 5) is 10.3. The second-order valence-corrected chi connectivity index (χ2v) is 5.70. The molecule has 2 heteroatoms. The van der Waals surface area contributed by atoms with Gasteiger partial charge in [0.25, 0.3) is 0 Å². The fourth-order valence-electron chi connectivity index (χ4n) is 2.08. The lowest BCUT2D eigenvalue weighted by Crippen LogP contribution is -1.93. The minimum Gasteiger partial charge on any atom is -0.481 e. The van der Waals surface area contributed by atoms with Gasteiger partial charge in [0.1, 0.15) is 0 Å². The number of carboxylic acids is 1. The van der Waals surface area contributed by atoms with Crippen molar-refractivity contribution in [1.29, 1.82) is 0 Å². The molecule has 0 aromatic carbocycles. The van der Waals surface area contributed by atoms with Crippen LogP contribution in [0.3, 0.4) is 0 Å². The number of carbonyl (C=O) groups is 1. The minimum absolute atomic E-state index is 0.297. The zero-order valence-electron chi connectivity index (χ0n) is 15.2. The number of hydrogen-bond acceptors (Lipinski definition) is 1. The number of hydrogen-bond donors (Lipinski definition) is 1. The summed E-state index contributed by atoms with van der Waals surface area (Å²) >= 11 is 0. The van der Waals surface area contributed by atoms with Gasteiger partial charge in [0.15, 0.2) is 0 Å². The maximum Gasteiger partial charge on any atom is 0.303 e. The van der Waals surface area contributed by atoms with Gasteiger partial charge in [0.05, 0.1) is 0 Å². The highest BCUT2D eigenvalue weighted by molar-refractivity contribution is 5.66. The van der Waals surface area contributed by atoms with Crippen LogP contribution in [0.1, 0.15) is 71.1 Å². The molecule has 0 aromatic heterocycles. The molecule has 0 bridgehead atoms. The monoisotopic (exact) mass is 330 g/mol. The van der Waals surface area contributed by atoms with Crippen LogP contribution in [0.15, 0.2) is 60.8 Å². The highest BCUT2D eigenvalue weighted by atomic mass is 16.4. The number of unbranched alkanes of at least 4 members (excludes halogenated alkanes) is 3. The van der Waals surface area contributed by atoms with E-state index in [2.05, 4.69) is 67.7 Å². The van der Waals surface area contributed by atoms with Gasteiger partial charge in [-0.3, -0.25) is 4.79 Å². The smallest absolute Gasteiger partial charge is 0.303 e. The number of allylic oxidation sites excluding steroid dienone is 10. The molecule has 2 nitrogen and oxygen atoms in total. The molecule has 24 heavy (non-hydrogen) atoms. The Kier molecular flexibility index (Phi) is 17.8. The zero-order valence-corrected chi connectivity index (χ0v) is 15.2. The van der Waals surface area contributed by atoms with Crippen molar-refractivity contribution in [3.05, 3.63) is 60.8 Å². The molecule has 1 N–H and O–H groups in total. The molecule has 0 aliphatic carbocycles. The van der Waals surface area contributed by atoms with Crippen LogP contribution in [0.4, 0.5) is 0 Å². The van der Waals surface area contributed by atoms with E-state index in [0.29, 0.717) is 6.42 Å². The van der Waals surface area contributed by atoms with Gasteiger partial charge in [-0.25, -0.2) is 0 Å². The average molecular weight is 331 g/mol. The predicted octanol–water partition coefficient (Wildman–Crippen LogP) is 6.77. The third kappa shape index (κ3) is 20.2. The van der Waals surface area contributed by atoms with E-state index in [-0.39, 0.29) is 0 Å². The molecule has 0 radical (unpaired) electrons. The minimum atomic E-state index is -0.690. The fraction of sp³-hybridized carbons (Fsp3) is 0.500. The molecule has 0 saturated carbocycles. The molecule has 0 rings (SSSR count). The summed E-state index contributed by atoms with van der Waals surface area (Å²) in [6.07, 6.45) is 31.3. The topological polar surface area (TPSA) is 37.3 Å². The largest absolute Gasteiger partial charge is 0.481 e. The van der Waals surface area contributed by atoms with E-state index in [9.17, 15) is 4.79 Å². The van der Waals surface area contributed by atoms with E-state index in [4.69, 9.17) is 5.11 Å². The van der Waals surface area contributed by atoms with E-state index >= 15 is 0 Å². The van der Waals surface area contributed by atoms with Crippen LogP contribution in [-0.4, -0.2) is 11.1 Å². The zero-order chi connectivity index (χ0) is 17.7. The van der Waals surface area contributed by atoms with Crippen molar-refractivity contribution >= 4 is 5.97 Å². The maximum atomic E-state index is 10.3. The Morgan fingerprint density at radius 1 is 0.667 bits per heavy atom. The Balaban J connectivity index is 3.42. The van der Waals surface area contributed by atoms with E-state index in [1.165, 1.54) is 0 Å². The highest BCUT2D eigenvalue weighted by Gasteiger charge is 1.94. The Morgan fingerprint density at radius 2 is 1.12 bits per heavy atom. The molecule has 134 valence electrons. The molecule has 0 spiro atoms. The van der Waals surface area contributed by atoms with Crippen molar-refractivity contribution in [2.45, 2.75) is 71.1 Å². The first-order chi connectivity index (χ1) is 11.8. The molecular formula is C22H34O2. The molecule has 0 amide bonds. The van der Waals surface area contributed by atoms with Crippen molar-refractivity contribution in [2.24, 2.45) is 0 Å². The molecule has 0 aromatic rings. The molecular weight excluding hydrogens is 296 g/mol. The van der Waals surface area contributed by atoms with Crippen molar-refractivity contribution in [2.75, 3.05) is 0 Å². The van der Waals surface area contributed by atoms with Crippen molar-refractivity contribution in [3.8, 4) is 0 Å². The average Bonchev–Trinajstić information content (AvgIpc) is 2.56. The Labute approximate surface area is 148 Å². The molecule has 0 aliphatic rings. The standard InChI is InChI=1S/C22H34O2/c1-2-3-4-5-6-7-8-9-10-11-12-13-14-15-16-17-18-19-20-21-22(23)24/h3-4,6-7,9-10,12-13,15-16H,2,5,8,11,14,17-21H2,1H3,(H,23,24)/b4-3?,7-6?,10-9?,13-12?,16-15-. The lowest BCUT2D eigenvalue weighted by molar-refractivity contribution is -0.137. The van der Waals surface area contributed by atoms with Crippen LogP contribution in [0.25, 0.3) is 0 Å². The summed E-state index contributed by atoms with van der Waals surface area (Å²) < 4.78 is 0. The SMILES string of the molecule is CCC=CCC=CCC=CCC=CC/C=C\CCCCCC(=O)O. The second-order valence-electron chi connectivity index (χ2n) is 5.70. The molecule has 0 heterocycles. The maximum absolute atomic E-state index is 10.3. The van der Waals surface area contributed by atoms with Gasteiger partial charge in [0, 0.05) is 6.42 Å². The van der Waals surface area contributed by atoms with E-state index in [1.807, 2.05) is 0 Å². The van der Waals surface area contributed by atoms with E-state index in [0.717, 1.165) is 57.8 Å².